The van der Waals surface area contributed by atoms with Crippen molar-refractivity contribution in [3.63, 3.8) is 0 Å². The maximum absolute atomic E-state index is 13.7. The molecule has 148 heavy (non-hydrogen) atoms. The van der Waals surface area contributed by atoms with E-state index in [0.717, 1.165) is 32.0 Å². The Morgan fingerprint density at radius 1 is 0.277 bits per heavy atom. The zero-order chi connectivity index (χ0) is 106. The smallest absolute Gasteiger partial charge is 0.291 e. The minimum absolute atomic E-state index is 0.0231. The molecule has 0 aliphatic carbocycles. The van der Waals surface area contributed by atoms with Crippen molar-refractivity contribution >= 4 is 145 Å². The molecule has 0 atom stereocenters. The van der Waals surface area contributed by atoms with Crippen LogP contribution in [0.5, 0.6) is 0 Å². The van der Waals surface area contributed by atoms with E-state index in [9.17, 15) is 76.7 Å². The lowest BCUT2D eigenvalue weighted by Crippen LogP contribution is -2.33. The maximum atomic E-state index is 13.7. The number of imidazole rings is 3. The van der Waals surface area contributed by atoms with Gasteiger partial charge in [-0.1, -0.05) is 54.6 Å². The van der Waals surface area contributed by atoms with E-state index in [2.05, 4.69) is 135 Å². The van der Waals surface area contributed by atoms with E-state index in [4.69, 9.17) is 0 Å². The van der Waals surface area contributed by atoms with Crippen molar-refractivity contribution in [3.8, 4) is 0 Å². The second kappa shape index (κ2) is 50.5. The highest BCUT2D eigenvalue weighted by molar-refractivity contribution is 7.95. The van der Waals surface area contributed by atoms with Crippen molar-refractivity contribution in [1.29, 1.82) is 0 Å². The molecule has 0 unspecified atom stereocenters. The van der Waals surface area contributed by atoms with Gasteiger partial charge in [0.25, 0.3) is 29.5 Å². The number of benzene rings is 3. The highest BCUT2D eigenvalue weighted by atomic mass is 31.2. The van der Waals surface area contributed by atoms with E-state index in [-0.39, 0.29) is 219 Å². The third kappa shape index (κ3) is 29.1. The van der Waals surface area contributed by atoms with Gasteiger partial charge in [0.15, 0.2) is 40.6 Å². The fourth-order valence-electron chi connectivity index (χ4n) is 18.3. The number of anilines is 5. The Morgan fingerprint density at radius 2 is 0.662 bits per heavy atom. The number of unbranched alkanes of at least 4 members (excludes halogenated alkanes) is 2. The summed E-state index contributed by atoms with van der Waals surface area (Å²) in [6.45, 7) is 1.06. The van der Waals surface area contributed by atoms with Crippen molar-refractivity contribution in [3.05, 3.63) is 281 Å². The van der Waals surface area contributed by atoms with Gasteiger partial charge >= 0.3 is 0 Å². The number of Topliss-reactive ketones (excluding diaryl/α,β-unsaturated/α-hetero) is 8. The highest BCUT2D eigenvalue weighted by Gasteiger charge is 2.45. The quantitative estimate of drug-likeness (QED) is 0.00997. The molecule has 774 valence electrons. The average Bonchev–Trinajstić information content (AvgIpc) is 1.58. The Labute approximate surface area is 858 Å². The van der Waals surface area contributed by atoms with Crippen LogP contribution in [-0.2, 0) is 131 Å². The predicted molar refractivity (Wildman–Crippen MR) is 564 cm³/mol. The van der Waals surface area contributed by atoms with Crippen LogP contribution in [0.1, 0.15) is 236 Å². The highest BCUT2D eigenvalue weighted by Crippen LogP contribution is 2.56. The molecule has 0 bridgehead atoms. The van der Waals surface area contributed by atoms with Gasteiger partial charge in [-0.3, -0.25) is 76.7 Å². The molecule has 13 rings (SSSR count). The third-order valence-corrected chi connectivity index (χ3v) is 30.1. The molecule has 0 aliphatic rings. The predicted octanol–water partition coefficient (Wildman–Crippen LogP) is 10.8. The van der Waals surface area contributed by atoms with Crippen molar-refractivity contribution in [1.82, 2.24) is 81.5 Å². The minimum Gasteiger partial charge on any atom is -0.356 e. The summed E-state index contributed by atoms with van der Waals surface area (Å²) in [4.78, 5) is 229. The van der Waals surface area contributed by atoms with Gasteiger partial charge in [0, 0.05) is 236 Å². The fourth-order valence-corrected chi connectivity index (χ4v) is 22.7. The van der Waals surface area contributed by atoms with Gasteiger partial charge in [0.05, 0.1) is 58.1 Å². The van der Waals surface area contributed by atoms with Gasteiger partial charge in [-0.05, 0) is 167 Å². The molecule has 13 aromatic rings. The van der Waals surface area contributed by atoms with Crippen LogP contribution in [0.25, 0.3) is 0 Å². The number of carbonyl (C=O) groups excluding carboxylic acids is 16. The van der Waals surface area contributed by atoms with Gasteiger partial charge in [-0.2, -0.15) is 0 Å². The number of aryl methyl sites for hydroxylation is 10. The summed E-state index contributed by atoms with van der Waals surface area (Å²) in [5, 5.41) is 25.8. The zero-order valence-corrected chi connectivity index (χ0v) is 86.5. The van der Waals surface area contributed by atoms with E-state index >= 15 is 0 Å². The maximum Gasteiger partial charge on any atom is 0.291 e. The van der Waals surface area contributed by atoms with Crippen molar-refractivity contribution in [2.75, 3.05) is 73.0 Å². The molecule has 0 aliphatic heterocycles. The number of amides is 8. The van der Waals surface area contributed by atoms with Crippen molar-refractivity contribution in [2.24, 2.45) is 70.5 Å². The number of ketones is 8. The molecule has 10 aromatic heterocycles. The fraction of sp³-hybridized carbons (Fsp3) is 0.349. The number of nitrogens with zero attached hydrogens (tertiary/aromatic N) is 14. The number of carbonyl (C=O) groups is 16. The molecule has 0 fully saturated rings. The van der Waals surface area contributed by atoms with Crippen LogP contribution < -0.4 is 58.4 Å². The van der Waals surface area contributed by atoms with Gasteiger partial charge in [0.1, 0.15) is 57.6 Å². The summed E-state index contributed by atoms with van der Waals surface area (Å²) in [6, 6.07) is 42.8. The standard InChI is InChI=1S/C109H127N22O16P/c1-121(2)47-24-22-29-79(132)30-26-39-92(135)85-51-73(63-122(85)3)55-95(138)88-53-74(64-125(88)6)56-96(139)102-114-75(68-129(102)10)57-81(134)31-27-40-93(136)86-52-72(62-123(86)4)54-94(137)87-50-71(61-124(87)5)49-80(133)32-28-44-111-108(146)103-119-98(70-130(103)11)120-107(145)91-58-76(65-127(91)8)113-100(141)43-46-112-105(143)89-59-77(66-126(89)7)115-106(144)90-60-78(67-128(90)9)116-109(147)104-118-97(69-131(104)12)117-101(142)42-45-110-99(140)41-23-25-48-148(82-33-16-13-17-34-82,83-35-18-14-19-36-83)84-37-20-15-21-38-84/h13-21,33-38,50-53,58-70H,22-32,39-49,54-57H2,1-12H3,(H7-,110,111,112,113,115,116,117,120,140,141,142,143,144,145,146,147)/p+1. The molecule has 3 aromatic carbocycles. The van der Waals surface area contributed by atoms with Crippen LogP contribution in [0.15, 0.2) is 195 Å². The van der Waals surface area contributed by atoms with E-state index in [0.29, 0.717) is 82.8 Å². The van der Waals surface area contributed by atoms with Crippen molar-refractivity contribution in [2.45, 2.75) is 135 Å². The third-order valence-electron chi connectivity index (χ3n) is 25.6. The monoisotopic (exact) mass is 2030 g/mol. The molecule has 0 spiro atoms. The first-order valence-electron chi connectivity index (χ1n) is 49.3. The average molecular weight is 2030 g/mol. The van der Waals surface area contributed by atoms with Gasteiger partial charge < -0.3 is 93.1 Å². The summed E-state index contributed by atoms with van der Waals surface area (Å²) in [7, 11) is 18.5. The van der Waals surface area contributed by atoms with Gasteiger partial charge in [-0.25, -0.2) is 15.0 Å². The molecule has 8 N–H and O–H groups in total. The van der Waals surface area contributed by atoms with Crippen LogP contribution in [0.4, 0.5) is 28.7 Å². The van der Waals surface area contributed by atoms with E-state index < -0.39 is 48.6 Å². The Hall–Kier alpha value is -16.2. The van der Waals surface area contributed by atoms with Gasteiger partial charge in [-0.15, -0.1) is 0 Å². The van der Waals surface area contributed by atoms with E-state index in [1.54, 1.807) is 149 Å². The Bertz CT molecular complexity index is 7010. The number of nitrogens with one attached hydrogen (secondary N) is 8. The molecule has 0 radical (unpaired) electrons. The molecular formula is C109H128N22O16P+. The number of aromatic nitrogens is 13. The van der Waals surface area contributed by atoms with Crippen LogP contribution in [0.3, 0.4) is 0 Å². The SMILES string of the molecule is CN(C)CCCCC(=O)CCCC(=O)c1cc(CC(=O)c2cc(CC(=O)c3nc(CC(=O)CCCC(=O)c4cc(CC(=O)c5cc(CC(=O)CCCNC(=O)c6nc(NC(=O)c7cc(NC(=O)CCNC(=O)c8cc(NC(=O)c9cc(NC(=O)c%10nc(NC(=O)CCNC(=O)CCCC[P+](c%11ccccc%11)(c%11ccccc%11)c%11ccccc%11)cn%10C)cn9C)cn8C)cn7C)cn6C)cn5C)cn4C)cn3C)cn2C)cn1C. The lowest BCUT2D eigenvalue weighted by Gasteiger charge is -2.27. The largest absolute Gasteiger partial charge is 0.356 e. The molecule has 38 nitrogen and oxygen atoms in total. The van der Waals surface area contributed by atoms with Crippen LogP contribution >= 0.6 is 7.26 Å². The van der Waals surface area contributed by atoms with Crippen LogP contribution in [0.2, 0.25) is 0 Å². The molecule has 0 saturated heterocycles. The molecular weight excluding hydrogens is 1900 g/mol. The first-order chi connectivity index (χ1) is 70.8. The number of hydrogen-bond donors (Lipinski definition) is 8. The van der Waals surface area contributed by atoms with Crippen LogP contribution in [0, 0.1) is 0 Å². The second-order valence-electron chi connectivity index (χ2n) is 37.8. The first kappa shape index (κ1) is 109. The Balaban J connectivity index is 0.472. The Morgan fingerprint density at radius 3 is 1.17 bits per heavy atom. The topological polar surface area (TPSA) is 461 Å². The zero-order valence-electron chi connectivity index (χ0n) is 85.6. The number of rotatable bonds is 56. The molecule has 39 heteroatoms. The van der Waals surface area contributed by atoms with Crippen molar-refractivity contribution < 1.29 is 76.7 Å². The summed E-state index contributed by atoms with van der Waals surface area (Å²) < 4.78 is 15.6. The summed E-state index contributed by atoms with van der Waals surface area (Å²) >= 11 is 0. The summed E-state index contributed by atoms with van der Waals surface area (Å²) in [5.41, 5.74) is 5.75. The molecule has 0 saturated carbocycles. The Kier molecular flexibility index (Phi) is 37.2. The normalized spacial score (nSPS) is 11.4. The summed E-state index contributed by atoms with van der Waals surface area (Å²) in [5.74, 6) is -4.88. The van der Waals surface area contributed by atoms with E-state index in [1.165, 1.54) is 87.9 Å². The minimum atomic E-state index is -2.03. The second-order valence-corrected chi connectivity index (χ2v) is 41.5. The molecule has 8 amide bonds. The van der Waals surface area contributed by atoms with E-state index in [1.807, 2.05) is 32.3 Å². The number of hydrogen-bond acceptors (Lipinski definition) is 20. The lowest BCUT2D eigenvalue weighted by atomic mass is 10.0. The lowest BCUT2D eigenvalue weighted by molar-refractivity contribution is -0.122. The molecule has 10 heterocycles. The first-order valence-corrected chi connectivity index (χ1v) is 51.3. The van der Waals surface area contributed by atoms with Crippen LogP contribution in [-0.4, -0.2) is 205 Å². The summed E-state index contributed by atoms with van der Waals surface area (Å²) in [6.07, 6.45) is 22.5. The van der Waals surface area contributed by atoms with Gasteiger partial charge in [0.2, 0.25) is 35.2 Å².